The van der Waals surface area contributed by atoms with E-state index in [1.54, 1.807) is 11.0 Å². The summed E-state index contributed by atoms with van der Waals surface area (Å²) in [6.45, 7) is 0. The molecule has 2 atom stereocenters. The van der Waals surface area contributed by atoms with E-state index < -0.39 is 0 Å². The van der Waals surface area contributed by atoms with Gasteiger partial charge in [-0.2, -0.15) is 0 Å². The van der Waals surface area contributed by atoms with Crippen LogP contribution in [-0.4, -0.2) is 15.7 Å². The van der Waals surface area contributed by atoms with Crippen molar-refractivity contribution in [2.45, 2.75) is 12.1 Å². The van der Waals surface area contributed by atoms with Crippen LogP contribution in [0, 0.1) is 0 Å². The van der Waals surface area contributed by atoms with Crippen LogP contribution in [0.15, 0.2) is 65.7 Å². The third-order valence-corrected chi connectivity index (χ3v) is 4.51. The van der Waals surface area contributed by atoms with Gasteiger partial charge in [0.25, 0.3) is 5.56 Å². The molecule has 0 spiro atoms. The number of nitrogens with zero attached hydrogens (tertiary/aromatic N) is 3. The first-order valence-corrected chi connectivity index (χ1v) is 7.37. The first-order valence-electron chi connectivity index (χ1n) is 7.37. The summed E-state index contributed by atoms with van der Waals surface area (Å²) in [5.41, 5.74) is 3.23. The summed E-state index contributed by atoms with van der Waals surface area (Å²) < 4.78 is 1.66. The van der Waals surface area contributed by atoms with Crippen LogP contribution in [0.25, 0.3) is 17.0 Å². The summed E-state index contributed by atoms with van der Waals surface area (Å²) in [5, 5.41) is 2.75. The van der Waals surface area contributed by atoms with Crippen LogP contribution >= 0.6 is 0 Å². The van der Waals surface area contributed by atoms with Gasteiger partial charge in [-0.05, 0) is 23.3 Å². The number of hydrogen-bond acceptors (Lipinski definition) is 3. The van der Waals surface area contributed by atoms with Crippen LogP contribution in [0.2, 0.25) is 0 Å². The Hall–Kier alpha value is -2.88. The molecule has 1 fully saturated rings. The Morgan fingerprint density at radius 3 is 2.77 bits per heavy atom. The first-order chi connectivity index (χ1) is 10.8. The van der Waals surface area contributed by atoms with E-state index >= 15 is 0 Å². The maximum atomic E-state index is 12.7. The number of para-hydroxylation sites is 1. The number of rotatable bonds is 1. The van der Waals surface area contributed by atoms with Crippen molar-refractivity contribution in [2.24, 2.45) is 0 Å². The second kappa shape index (κ2) is 4.07. The lowest BCUT2D eigenvalue weighted by molar-refractivity contribution is 0.743. The Balaban J connectivity index is 1.66. The van der Waals surface area contributed by atoms with E-state index in [2.05, 4.69) is 34.3 Å². The Morgan fingerprint density at radius 1 is 1.00 bits per heavy atom. The lowest BCUT2D eigenvalue weighted by Gasteiger charge is -2.10. The van der Waals surface area contributed by atoms with Crippen molar-refractivity contribution in [1.82, 2.24) is 9.66 Å². The van der Waals surface area contributed by atoms with Gasteiger partial charge in [-0.1, -0.05) is 48.6 Å². The molecule has 2 aromatic carbocycles. The van der Waals surface area contributed by atoms with Gasteiger partial charge >= 0.3 is 0 Å². The molecule has 22 heavy (non-hydrogen) atoms. The Kier molecular flexibility index (Phi) is 2.17. The highest BCUT2D eigenvalue weighted by Crippen LogP contribution is 2.46. The van der Waals surface area contributed by atoms with Crippen LogP contribution in [-0.2, 0) is 0 Å². The third kappa shape index (κ3) is 1.46. The topological polar surface area (TPSA) is 37.9 Å². The second-order valence-electron chi connectivity index (χ2n) is 5.71. The van der Waals surface area contributed by atoms with Crippen molar-refractivity contribution >= 4 is 17.0 Å². The van der Waals surface area contributed by atoms with Crippen LogP contribution in [0.4, 0.5) is 0 Å². The molecule has 0 N–H and O–H groups in total. The highest BCUT2D eigenvalue weighted by Gasteiger charge is 2.50. The van der Waals surface area contributed by atoms with E-state index in [0.717, 1.165) is 5.52 Å². The molecule has 1 aliphatic carbocycles. The van der Waals surface area contributed by atoms with Gasteiger partial charge < -0.3 is 0 Å². The van der Waals surface area contributed by atoms with Crippen molar-refractivity contribution in [3.8, 4) is 0 Å². The zero-order chi connectivity index (χ0) is 14.7. The molecule has 0 bridgehead atoms. The second-order valence-corrected chi connectivity index (χ2v) is 5.71. The maximum Gasteiger partial charge on any atom is 0.279 e. The van der Waals surface area contributed by atoms with Gasteiger partial charge in [0.05, 0.1) is 23.0 Å². The normalized spacial score (nSPS) is 21.5. The summed E-state index contributed by atoms with van der Waals surface area (Å²) in [7, 11) is 0. The minimum absolute atomic E-state index is 0.00844. The van der Waals surface area contributed by atoms with Gasteiger partial charge in [-0.25, -0.2) is 9.66 Å². The van der Waals surface area contributed by atoms with Crippen molar-refractivity contribution in [1.29, 1.82) is 0 Å². The summed E-state index contributed by atoms with van der Waals surface area (Å²) in [6.07, 6.45) is 5.93. The minimum atomic E-state index is -0.00844. The molecule has 106 valence electrons. The predicted octanol–water partition coefficient (Wildman–Crippen LogP) is 2.48. The minimum Gasteiger partial charge on any atom is -0.289 e. The lowest BCUT2D eigenvalue weighted by Crippen LogP contribution is -2.30. The average Bonchev–Trinajstić information content (AvgIpc) is 3.30. The van der Waals surface area contributed by atoms with E-state index in [9.17, 15) is 4.79 Å². The number of hydrogen-bond donors (Lipinski definition) is 0. The molecule has 1 aliphatic heterocycles. The molecule has 0 radical (unpaired) electrons. The molecule has 0 saturated carbocycles. The van der Waals surface area contributed by atoms with Crippen LogP contribution in [0.5, 0.6) is 0 Å². The standard InChI is InChI=1S/C18H13N3O/c22-18-14-7-3-4-8-15(14)19-11-20(18)21-16-10-9-12-5-1-2-6-13(12)17(16)21/h1-11,16-17H/t16-,17+,21?/m1/s1. The molecule has 0 unspecified atom stereocenters. The van der Waals surface area contributed by atoms with E-state index in [0.29, 0.717) is 5.39 Å². The summed E-state index contributed by atoms with van der Waals surface area (Å²) >= 11 is 0. The highest BCUT2D eigenvalue weighted by atomic mass is 16.1. The zero-order valence-electron chi connectivity index (χ0n) is 11.8. The Bertz CT molecular complexity index is 989. The van der Waals surface area contributed by atoms with Crippen molar-refractivity contribution in [3.05, 3.63) is 82.4 Å². The fraction of sp³-hybridized carbons (Fsp3) is 0.111. The molecule has 3 aromatic rings. The van der Waals surface area contributed by atoms with E-state index in [4.69, 9.17) is 0 Å². The van der Waals surface area contributed by atoms with Crippen LogP contribution in [0.3, 0.4) is 0 Å². The third-order valence-electron chi connectivity index (χ3n) is 4.51. The summed E-state index contributed by atoms with van der Waals surface area (Å²) in [4.78, 5) is 17.1. The maximum absolute atomic E-state index is 12.7. The van der Waals surface area contributed by atoms with E-state index in [1.165, 1.54) is 11.1 Å². The molecule has 4 nitrogen and oxygen atoms in total. The largest absolute Gasteiger partial charge is 0.289 e. The van der Waals surface area contributed by atoms with Crippen molar-refractivity contribution in [3.63, 3.8) is 0 Å². The van der Waals surface area contributed by atoms with Gasteiger partial charge in [0.1, 0.15) is 6.33 Å². The van der Waals surface area contributed by atoms with Crippen molar-refractivity contribution < 1.29 is 0 Å². The Morgan fingerprint density at radius 2 is 1.82 bits per heavy atom. The van der Waals surface area contributed by atoms with Gasteiger partial charge in [0.2, 0.25) is 0 Å². The molecule has 4 heteroatoms. The monoisotopic (exact) mass is 287 g/mol. The summed E-state index contributed by atoms with van der Waals surface area (Å²) in [6, 6.07) is 16.3. The molecule has 2 aliphatic rings. The van der Waals surface area contributed by atoms with Crippen LogP contribution in [0.1, 0.15) is 17.2 Å². The number of aromatic nitrogens is 2. The van der Waals surface area contributed by atoms with Crippen LogP contribution < -0.4 is 10.6 Å². The van der Waals surface area contributed by atoms with Gasteiger partial charge in [-0.15, -0.1) is 0 Å². The lowest BCUT2D eigenvalue weighted by atomic mass is 9.98. The van der Waals surface area contributed by atoms with E-state index in [1.807, 2.05) is 36.4 Å². The van der Waals surface area contributed by atoms with Gasteiger partial charge in [0, 0.05) is 0 Å². The smallest absolute Gasteiger partial charge is 0.279 e. The fourth-order valence-electron chi connectivity index (χ4n) is 3.39. The zero-order valence-corrected chi connectivity index (χ0v) is 11.8. The quantitative estimate of drug-likeness (QED) is 0.645. The molecular formula is C18H13N3O. The fourth-order valence-corrected chi connectivity index (χ4v) is 3.39. The molecule has 5 rings (SSSR count). The summed E-state index contributed by atoms with van der Waals surface area (Å²) in [5.74, 6) is 0. The molecular weight excluding hydrogens is 274 g/mol. The van der Waals surface area contributed by atoms with Crippen molar-refractivity contribution in [2.75, 3.05) is 5.01 Å². The van der Waals surface area contributed by atoms with Gasteiger partial charge in [0.15, 0.2) is 0 Å². The predicted molar refractivity (Wildman–Crippen MR) is 86.2 cm³/mol. The molecule has 1 aromatic heterocycles. The molecule has 1 saturated heterocycles. The highest BCUT2D eigenvalue weighted by molar-refractivity contribution is 5.77. The SMILES string of the molecule is O=c1c2ccccc2ncn1N1[C@@H]2C=Cc3ccccc3[C@@H]21. The average molecular weight is 287 g/mol. The molecule has 0 amide bonds. The molecule has 2 heterocycles. The first kappa shape index (κ1) is 11.7. The van der Waals surface area contributed by atoms with Gasteiger partial charge in [-0.3, -0.25) is 9.80 Å². The number of fused-ring (bicyclic) bond motifs is 4. The Labute approximate surface area is 126 Å². The van der Waals surface area contributed by atoms with E-state index in [-0.39, 0.29) is 17.6 Å². The number of benzene rings is 2.